The summed E-state index contributed by atoms with van der Waals surface area (Å²) >= 11 is 0. The largest absolute Gasteiger partial charge is 0.396 e. The number of hydrogen-bond donors (Lipinski definition) is 2. The Bertz CT molecular complexity index is 454. The molecule has 1 aromatic carbocycles. The second kappa shape index (κ2) is 5.45. The van der Waals surface area contributed by atoms with Gasteiger partial charge in [-0.1, -0.05) is 24.3 Å². The number of aliphatic hydroxyl groups is 2. The third kappa shape index (κ3) is 2.49. The van der Waals surface area contributed by atoms with Crippen molar-refractivity contribution >= 4 is 0 Å². The van der Waals surface area contributed by atoms with E-state index in [0.717, 1.165) is 38.2 Å². The molecule has 3 rings (SSSR count). The van der Waals surface area contributed by atoms with Gasteiger partial charge in [0.15, 0.2) is 0 Å². The lowest BCUT2D eigenvalue weighted by Crippen LogP contribution is -2.66. The molecule has 1 aromatic rings. The van der Waals surface area contributed by atoms with E-state index in [4.69, 9.17) is 5.11 Å². The molecule has 4 heteroatoms. The molecule has 1 atom stereocenters. The molecule has 2 saturated heterocycles. The summed E-state index contributed by atoms with van der Waals surface area (Å²) < 4.78 is 0. The molecule has 0 bridgehead atoms. The Balaban J connectivity index is 1.55. The molecule has 0 unspecified atom stereocenters. The smallest absolute Gasteiger partial charge is 0.0681 e. The molecule has 0 amide bonds. The normalized spacial score (nSPS) is 26.1. The van der Waals surface area contributed by atoms with Crippen LogP contribution in [-0.4, -0.2) is 58.8 Å². The second-order valence-electron chi connectivity index (χ2n) is 6.48. The number of benzene rings is 1. The van der Waals surface area contributed by atoms with Crippen LogP contribution in [0.25, 0.3) is 0 Å². The third-order valence-electron chi connectivity index (χ3n) is 4.92. The summed E-state index contributed by atoms with van der Waals surface area (Å²) in [5, 5.41) is 18.4. The van der Waals surface area contributed by atoms with Crippen LogP contribution in [0.1, 0.15) is 17.5 Å². The lowest BCUT2D eigenvalue weighted by atomic mass is 9.84. The average molecular weight is 276 g/mol. The van der Waals surface area contributed by atoms with Crippen molar-refractivity contribution in [3.8, 4) is 0 Å². The van der Waals surface area contributed by atoms with Crippen molar-refractivity contribution in [2.45, 2.75) is 25.1 Å². The van der Waals surface area contributed by atoms with Gasteiger partial charge in [0.1, 0.15) is 0 Å². The van der Waals surface area contributed by atoms with Crippen LogP contribution in [-0.2, 0) is 13.2 Å². The van der Waals surface area contributed by atoms with Crippen LogP contribution < -0.4 is 0 Å². The molecule has 110 valence electrons. The number of hydrogen-bond acceptors (Lipinski definition) is 4. The van der Waals surface area contributed by atoms with Gasteiger partial charge in [0.2, 0.25) is 0 Å². The first-order valence-electron chi connectivity index (χ1n) is 7.38. The highest BCUT2D eigenvalue weighted by Crippen LogP contribution is 2.39. The van der Waals surface area contributed by atoms with Gasteiger partial charge in [-0.15, -0.1) is 0 Å². The Hall–Kier alpha value is -0.940. The summed E-state index contributed by atoms with van der Waals surface area (Å²) in [5.74, 6) is 0.450. The topological polar surface area (TPSA) is 46.9 Å². The van der Waals surface area contributed by atoms with Crippen molar-refractivity contribution in [1.29, 1.82) is 0 Å². The minimum absolute atomic E-state index is 0.112. The quantitative estimate of drug-likeness (QED) is 0.849. The number of rotatable bonds is 4. The zero-order valence-corrected chi connectivity index (χ0v) is 12.1. The van der Waals surface area contributed by atoms with Gasteiger partial charge in [-0.3, -0.25) is 9.80 Å². The molecule has 2 N–H and O–H groups in total. The van der Waals surface area contributed by atoms with Gasteiger partial charge in [-0.25, -0.2) is 0 Å². The fraction of sp³-hybridized carbons (Fsp3) is 0.625. The number of likely N-dealkylation sites (N-methyl/N-ethyl adjacent to an activating group) is 1. The molecule has 2 heterocycles. The third-order valence-corrected chi connectivity index (χ3v) is 4.92. The van der Waals surface area contributed by atoms with E-state index in [0.29, 0.717) is 18.1 Å². The summed E-state index contributed by atoms with van der Waals surface area (Å²) in [5.41, 5.74) is 2.57. The minimum Gasteiger partial charge on any atom is -0.396 e. The van der Waals surface area contributed by atoms with Gasteiger partial charge in [0.25, 0.3) is 0 Å². The molecule has 2 aliphatic rings. The van der Waals surface area contributed by atoms with Crippen LogP contribution in [0.5, 0.6) is 0 Å². The summed E-state index contributed by atoms with van der Waals surface area (Å²) in [4.78, 5) is 4.89. The lowest BCUT2D eigenvalue weighted by molar-refractivity contribution is -0.0223. The van der Waals surface area contributed by atoms with Crippen molar-refractivity contribution in [2.75, 3.05) is 33.3 Å². The van der Waals surface area contributed by atoms with Crippen molar-refractivity contribution in [3.63, 3.8) is 0 Å². The minimum atomic E-state index is 0.112. The Kier molecular flexibility index (Phi) is 3.82. The van der Waals surface area contributed by atoms with E-state index in [1.54, 1.807) is 0 Å². The predicted molar refractivity (Wildman–Crippen MR) is 78.2 cm³/mol. The van der Waals surface area contributed by atoms with E-state index in [9.17, 15) is 5.11 Å². The molecule has 0 radical (unpaired) electrons. The average Bonchev–Trinajstić information content (AvgIpc) is 2.76. The SMILES string of the molecule is CN1C[C@H](CO)CC12CN(Cc1ccc(CO)cc1)C2. The van der Waals surface area contributed by atoms with Crippen LogP contribution in [0.15, 0.2) is 24.3 Å². The Morgan fingerprint density at radius 2 is 1.80 bits per heavy atom. The molecule has 4 nitrogen and oxygen atoms in total. The molecule has 1 spiro atoms. The maximum Gasteiger partial charge on any atom is 0.0681 e. The van der Waals surface area contributed by atoms with Crippen molar-refractivity contribution < 1.29 is 10.2 Å². The number of aliphatic hydroxyl groups excluding tert-OH is 2. The first-order valence-corrected chi connectivity index (χ1v) is 7.38. The first-order chi connectivity index (χ1) is 9.65. The number of likely N-dealkylation sites (tertiary alicyclic amines) is 2. The van der Waals surface area contributed by atoms with Gasteiger partial charge in [0, 0.05) is 38.3 Å². The maximum atomic E-state index is 9.33. The van der Waals surface area contributed by atoms with Crippen molar-refractivity contribution in [2.24, 2.45) is 5.92 Å². The van der Waals surface area contributed by atoms with E-state index in [2.05, 4.69) is 29.0 Å². The van der Waals surface area contributed by atoms with Gasteiger partial charge in [0.05, 0.1) is 6.61 Å². The summed E-state index contributed by atoms with van der Waals surface area (Å²) in [6, 6.07) is 8.19. The lowest BCUT2D eigenvalue weighted by Gasteiger charge is -2.52. The fourth-order valence-corrected chi connectivity index (χ4v) is 3.74. The Morgan fingerprint density at radius 1 is 1.15 bits per heavy atom. The van der Waals surface area contributed by atoms with E-state index < -0.39 is 0 Å². The van der Waals surface area contributed by atoms with Crippen LogP contribution in [0.2, 0.25) is 0 Å². The molecule has 0 aromatic heterocycles. The summed E-state index contributed by atoms with van der Waals surface area (Å²) in [6.07, 6.45) is 1.12. The summed E-state index contributed by atoms with van der Waals surface area (Å²) in [6.45, 7) is 4.62. The second-order valence-corrected chi connectivity index (χ2v) is 6.48. The van der Waals surface area contributed by atoms with Crippen molar-refractivity contribution in [1.82, 2.24) is 9.80 Å². The Morgan fingerprint density at radius 3 is 2.35 bits per heavy atom. The van der Waals surface area contributed by atoms with Crippen LogP contribution in [0, 0.1) is 5.92 Å². The number of nitrogens with zero attached hydrogens (tertiary/aromatic N) is 2. The van der Waals surface area contributed by atoms with E-state index in [-0.39, 0.29) is 6.61 Å². The van der Waals surface area contributed by atoms with E-state index >= 15 is 0 Å². The first kappa shape index (κ1) is 14.0. The maximum absolute atomic E-state index is 9.33. The van der Waals surface area contributed by atoms with Gasteiger partial charge >= 0.3 is 0 Å². The van der Waals surface area contributed by atoms with Crippen LogP contribution in [0.4, 0.5) is 0 Å². The molecular weight excluding hydrogens is 252 g/mol. The monoisotopic (exact) mass is 276 g/mol. The molecule has 0 saturated carbocycles. The standard InChI is InChI=1S/C16H24N2O2/c1-17-7-15(10-20)6-16(17)11-18(12-16)8-13-2-4-14(9-19)5-3-13/h2-5,15,19-20H,6-12H2,1H3/t15-/m1/s1. The fourth-order valence-electron chi connectivity index (χ4n) is 3.74. The van der Waals surface area contributed by atoms with Crippen LogP contribution >= 0.6 is 0 Å². The van der Waals surface area contributed by atoms with Crippen LogP contribution in [0.3, 0.4) is 0 Å². The van der Waals surface area contributed by atoms with E-state index in [1.807, 2.05) is 12.1 Å². The molecule has 2 aliphatic heterocycles. The highest BCUT2D eigenvalue weighted by molar-refractivity contribution is 5.22. The predicted octanol–water partition coefficient (Wildman–Crippen LogP) is 0.677. The molecular formula is C16H24N2O2. The molecule has 2 fully saturated rings. The van der Waals surface area contributed by atoms with Gasteiger partial charge < -0.3 is 10.2 Å². The summed E-state index contributed by atoms with van der Waals surface area (Å²) in [7, 11) is 2.18. The van der Waals surface area contributed by atoms with Crippen molar-refractivity contribution in [3.05, 3.63) is 35.4 Å². The van der Waals surface area contributed by atoms with Gasteiger partial charge in [-0.05, 0) is 30.5 Å². The highest BCUT2D eigenvalue weighted by Gasteiger charge is 2.51. The Labute approximate surface area is 120 Å². The van der Waals surface area contributed by atoms with E-state index in [1.165, 1.54) is 5.56 Å². The zero-order valence-electron chi connectivity index (χ0n) is 12.1. The zero-order chi connectivity index (χ0) is 14.2. The van der Waals surface area contributed by atoms with Gasteiger partial charge in [-0.2, -0.15) is 0 Å². The highest BCUT2D eigenvalue weighted by atomic mass is 16.3. The molecule has 0 aliphatic carbocycles. The molecule has 20 heavy (non-hydrogen) atoms.